The van der Waals surface area contributed by atoms with Crippen LogP contribution in [-0.2, 0) is 12.8 Å². The van der Waals surface area contributed by atoms with Gasteiger partial charge in [-0.3, -0.25) is 4.99 Å². The van der Waals surface area contributed by atoms with Crippen LogP contribution in [0.1, 0.15) is 67.1 Å². The normalized spacial score (nSPS) is 17.6. The molecule has 2 aliphatic heterocycles. The molecule has 0 radical (unpaired) electrons. The van der Waals surface area contributed by atoms with Gasteiger partial charge in [0.1, 0.15) is 46.0 Å². The third-order valence-corrected chi connectivity index (χ3v) is 11.7. The zero-order valence-electron chi connectivity index (χ0n) is 33.7. The Kier molecular flexibility index (Phi) is 9.15. The first kappa shape index (κ1) is 37.8. The minimum Gasteiger partial charge on any atom is -0.507 e. The number of benzene rings is 6. The molecule has 6 aromatic carbocycles. The summed E-state index contributed by atoms with van der Waals surface area (Å²) in [6.07, 6.45) is 1.04. The number of aliphatic imine (C=N–C) groups is 1. The Balaban J connectivity index is 1.55. The zero-order chi connectivity index (χ0) is 40.8. The van der Waals surface area contributed by atoms with Crippen molar-refractivity contribution < 1.29 is 39.7 Å². The van der Waals surface area contributed by atoms with E-state index in [2.05, 4.69) is 12.2 Å². The molecule has 0 amide bonds. The molecule has 0 saturated heterocycles. The molecule has 57 heavy (non-hydrogen) atoms. The van der Waals surface area contributed by atoms with E-state index in [0.29, 0.717) is 79.5 Å². The van der Waals surface area contributed by atoms with Crippen LogP contribution in [0.2, 0.25) is 0 Å². The van der Waals surface area contributed by atoms with Gasteiger partial charge in [0, 0.05) is 63.3 Å². The van der Waals surface area contributed by atoms with Crippen LogP contribution in [0.4, 0.5) is 0 Å². The first-order chi connectivity index (χ1) is 27.2. The Bertz CT molecular complexity index is 2720. The Labute approximate surface area is 331 Å². The van der Waals surface area contributed by atoms with E-state index in [9.17, 15) is 25.5 Å². The van der Waals surface area contributed by atoms with Gasteiger partial charge in [-0.2, -0.15) is 0 Å². The molecular weight excluding hydrogens is 721 g/mol. The lowest BCUT2D eigenvalue weighted by atomic mass is 9.80. The fourth-order valence-electron chi connectivity index (χ4n) is 9.51. The molecule has 0 spiro atoms. The second-order valence-electron chi connectivity index (χ2n) is 15.7. The Morgan fingerprint density at radius 2 is 1.07 bits per heavy atom. The smallest absolute Gasteiger partial charge is 0.135 e. The molecule has 3 atom stereocenters. The van der Waals surface area contributed by atoms with Crippen LogP contribution < -0.4 is 19.5 Å². The van der Waals surface area contributed by atoms with Gasteiger partial charge in [0.15, 0.2) is 0 Å². The number of nitrogens with one attached hydrogen (secondary N) is 1. The third kappa shape index (κ3) is 5.84. The van der Waals surface area contributed by atoms with E-state index in [4.69, 9.17) is 19.2 Å². The highest BCUT2D eigenvalue weighted by Crippen LogP contribution is 2.56. The Morgan fingerprint density at radius 3 is 1.60 bits per heavy atom. The molecule has 10 heteroatoms. The Hall–Kier alpha value is -6.13. The van der Waals surface area contributed by atoms with Crippen LogP contribution in [0.5, 0.6) is 46.0 Å². The summed E-state index contributed by atoms with van der Waals surface area (Å²) < 4.78 is 17.6. The summed E-state index contributed by atoms with van der Waals surface area (Å²) >= 11 is 0. The van der Waals surface area contributed by atoms with Gasteiger partial charge in [0.25, 0.3) is 0 Å². The standard InChI is InChI=1S/C47H48N2O8/c1-20-10-26-28(42-32-14-22(3)48-24(5)40(32)34(50)18-35(42)51)16-30(46(53)44(26)37(12-20)55-7)31-17-29(27-11-21(2)13-38(56-8)45(27)47(31)54)43-33-15-23(4)49-25(6)41(33)39(57-9)19-36(43)52/h10-13,16-19,22-24,48,50-54H,14-15H2,1-9H3/t22-,23-,24-/m1/s1. The molecule has 0 unspecified atom stereocenters. The van der Waals surface area contributed by atoms with Gasteiger partial charge in [-0.05, 0) is 123 Å². The number of fused-ring (bicyclic) bond motifs is 4. The van der Waals surface area contributed by atoms with Crippen molar-refractivity contribution in [3.63, 3.8) is 0 Å². The lowest BCUT2D eigenvalue weighted by Gasteiger charge is -2.32. The molecule has 0 bridgehead atoms. The van der Waals surface area contributed by atoms with Crippen LogP contribution in [0.3, 0.4) is 0 Å². The number of rotatable bonds is 6. The van der Waals surface area contributed by atoms with Gasteiger partial charge in [0.05, 0.1) is 38.1 Å². The monoisotopic (exact) mass is 768 g/mol. The first-order valence-electron chi connectivity index (χ1n) is 19.2. The number of phenolic OH excluding ortho intramolecular Hbond substituents is 5. The van der Waals surface area contributed by atoms with Crippen LogP contribution in [-0.4, -0.2) is 64.7 Å². The lowest BCUT2D eigenvalue weighted by Crippen LogP contribution is -2.36. The highest BCUT2D eigenvalue weighted by molar-refractivity contribution is 6.14. The average Bonchev–Trinajstić information content (AvgIpc) is 3.14. The predicted molar refractivity (Wildman–Crippen MR) is 225 cm³/mol. The van der Waals surface area contributed by atoms with Crippen molar-refractivity contribution in [3.8, 4) is 79.4 Å². The highest BCUT2D eigenvalue weighted by Gasteiger charge is 2.33. The predicted octanol–water partition coefficient (Wildman–Crippen LogP) is 9.51. The van der Waals surface area contributed by atoms with E-state index in [-0.39, 0.29) is 58.0 Å². The number of aryl methyl sites for hydroxylation is 2. The molecule has 0 saturated carbocycles. The maximum atomic E-state index is 12.5. The maximum Gasteiger partial charge on any atom is 0.135 e. The van der Waals surface area contributed by atoms with Crippen molar-refractivity contribution in [1.29, 1.82) is 0 Å². The maximum absolute atomic E-state index is 12.5. The second-order valence-corrected chi connectivity index (χ2v) is 15.7. The summed E-state index contributed by atoms with van der Waals surface area (Å²) in [5, 5.41) is 65.5. The fraction of sp³-hybridized carbons (Fsp3) is 0.298. The number of nitrogens with zero attached hydrogens (tertiary/aromatic N) is 1. The van der Waals surface area contributed by atoms with Crippen molar-refractivity contribution in [2.75, 3.05) is 21.3 Å². The highest BCUT2D eigenvalue weighted by atomic mass is 16.5. The molecule has 2 aliphatic rings. The molecular formula is C47H48N2O8. The number of methoxy groups -OCH3 is 3. The van der Waals surface area contributed by atoms with E-state index >= 15 is 0 Å². The molecule has 0 aliphatic carbocycles. The van der Waals surface area contributed by atoms with Gasteiger partial charge in [0.2, 0.25) is 0 Å². The van der Waals surface area contributed by atoms with Gasteiger partial charge in [-0.15, -0.1) is 0 Å². The topological polar surface area (TPSA) is 153 Å². The minimum absolute atomic E-state index is 0.00773. The number of phenols is 5. The quantitative estimate of drug-likeness (QED) is 0.0973. The molecule has 6 aromatic rings. The van der Waals surface area contributed by atoms with E-state index < -0.39 is 0 Å². The van der Waals surface area contributed by atoms with Crippen molar-refractivity contribution in [2.24, 2.45) is 4.99 Å². The van der Waals surface area contributed by atoms with Crippen molar-refractivity contribution in [1.82, 2.24) is 5.32 Å². The second kappa shape index (κ2) is 13.8. The number of hydrogen-bond donors (Lipinski definition) is 6. The SMILES string of the molecule is COc1cc(O)c(-c2cc(-c3cc(-c4c(O)cc(O)c5c4C[C@@H](C)N[C@@H]5C)c4cc(C)cc(OC)c4c3O)c(O)c3c(OC)cc(C)cc23)c2c1C(C)=N[C@H](C)C2. The van der Waals surface area contributed by atoms with E-state index in [1.165, 1.54) is 13.2 Å². The van der Waals surface area contributed by atoms with Crippen LogP contribution in [0, 0.1) is 13.8 Å². The summed E-state index contributed by atoms with van der Waals surface area (Å²) in [5.41, 5.74) is 8.42. The van der Waals surface area contributed by atoms with Gasteiger partial charge >= 0.3 is 0 Å². The molecule has 294 valence electrons. The molecule has 2 heterocycles. The molecule has 8 rings (SSSR count). The van der Waals surface area contributed by atoms with Gasteiger partial charge in [-0.1, -0.05) is 12.1 Å². The number of ether oxygens (including phenoxy) is 3. The average molecular weight is 769 g/mol. The Morgan fingerprint density at radius 1 is 0.561 bits per heavy atom. The van der Waals surface area contributed by atoms with E-state index in [1.54, 1.807) is 32.4 Å². The summed E-state index contributed by atoms with van der Waals surface area (Å²) in [6.45, 7) is 11.9. The first-order valence-corrected chi connectivity index (χ1v) is 19.2. The van der Waals surface area contributed by atoms with Crippen LogP contribution in [0.15, 0.2) is 53.5 Å². The van der Waals surface area contributed by atoms with E-state index in [0.717, 1.165) is 33.5 Å². The minimum atomic E-state index is -0.204. The molecule has 10 nitrogen and oxygen atoms in total. The summed E-state index contributed by atoms with van der Waals surface area (Å²) in [6, 6.07) is 13.9. The van der Waals surface area contributed by atoms with Crippen LogP contribution in [0.25, 0.3) is 54.9 Å². The molecule has 0 fully saturated rings. The molecule has 0 aromatic heterocycles. The summed E-state index contributed by atoms with van der Waals surface area (Å²) in [5.74, 6) is 0.891. The van der Waals surface area contributed by atoms with Crippen molar-refractivity contribution in [2.45, 2.75) is 72.5 Å². The number of hydrogen-bond acceptors (Lipinski definition) is 10. The third-order valence-electron chi connectivity index (χ3n) is 11.7. The zero-order valence-corrected chi connectivity index (χ0v) is 33.7. The lowest BCUT2D eigenvalue weighted by molar-refractivity contribution is 0.402. The van der Waals surface area contributed by atoms with Crippen LogP contribution >= 0.6 is 0 Å². The van der Waals surface area contributed by atoms with Crippen molar-refractivity contribution in [3.05, 3.63) is 81.9 Å². The van der Waals surface area contributed by atoms with Gasteiger partial charge < -0.3 is 45.1 Å². The van der Waals surface area contributed by atoms with Gasteiger partial charge in [-0.25, -0.2) is 0 Å². The van der Waals surface area contributed by atoms with Crippen molar-refractivity contribution >= 4 is 27.3 Å². The summed E-state index contributed by atoms with van der Waals surface area (Å²) in [4.78, 5) is 4.84. The fourth-order valence-corrected chi connectivity index (χ4v) is 9.51. The summed E-state index contributed by atoms with van der Waals surface area (Å²) in [7, 11) is 4.65. The largest absolute Gasteiger partial charge is 0.507 e. The molecule has 6 N–H and O–H groups in total. The number of aromatic hydroxyl groups is 5. The van der Waals surface area contributed by atoms with E-state index in [1.807, 2.05) is 58.9 Å².